The Morgan fingerprint density at radius 3 is 2.75 bits per heavy atom. The van der Waals surface area contributed by atoms with Crippen LogP contribution in [0.25, 0.3) is 0 Å². The molecule has 0 saturated heterocycles. The van der Waals surface area contributed by atoms with Crippen molar-refractivity contribution in [2.24, 2.45) is 0 Å². The molecule has 0 amide bonds. The van der Waals surface area contributed by atoms with Gasteiger partial charge >= 0.3 is 0 Å². The van der Waals surface area contributed by atoms with Crippen LogP contribution < -0.4 is 5.32 Å². The van der Waals surface area contributed by atoms with E-state index in [0.717, 1.165) is 32.4 Å². The normalized spacial score (nSPS) is 12.5. The fourth-order valence-corrected chi connectivity index (χ4v) is 2.33. The van der Waals surface area contributed by atoms with Gasteiger partial charge in [-0.1, -0.05) is 37.3 Å². The van der Waals surface area contributed by atoms with Gasteiger partial charge in [0.1, 0.15) is 0 Å². The number of aryl methyl sites for hydroxylation is 2. The van der Waals surface area contributed by atoms with E-state index in [1.807, 2.05) is 6.20 Å². The van der Waals surface area contributed by atoms with Crippen LogP contribution in [0.15, 0.2) is 42.6 Å². The number of nitrogens with zero attached hydrogens (tertiary/aromatic N) is 2. The lowest BCUT2D eigenvalue weighted by molar-refractivity contribution is 0.485. The molecule has 0 bridgehead atoms. The van der Waals surface area contributed by atoms with Crippen molar-refractivity contribution in [1.82, 2.24) is 15.1 Å². The third-order valence-electron chi connectivity index (χ3n) is 3.58. The van der Waals surface area contributed by atoms with Gasteiger partial charge in [0.05, 0.1) is 5.69 Å². The van der Waals surface area contributed by atoms with Crippen LogP contribution in [0.2, 0.25) is 0 Å². The first-order valence-electron chi connectivity index (χ1n) is 7.57. The summed E-state index contributed by atoms with van der Waals surface area (Å²) in [7, 11) is 0. The Morgan fingerprint density at radius 1 is 1.20 bits per heavy atom. The average Bonchev–Trinajstić information content (AvgIpc) is 2.92. The first kappa shape index (κ1) is 14.8. The Kier molecular flexibility index (Phi) is 5.81. The molecule has 2 aromatic rings. The van der Waals surface area contributed by atoms with Crippen molar-refractivity contribution in [2.75, 3.05) is 0 Å². The quantitative estimate of drug-likeness (QED) is 0.797. The molecule has 1 N–H and O–H groups in total. The minimum atomic E-state index is 0.514. The van der Waals surface area contributed by atoms with E-state index in [0.29, 0.717) is 6.04 Å². The molecule has 3 heteroatoms. The molecule has 20 heavy (non-hydrogen) atoms. The van der Waals surface area contributed by atoms with E-state index in [9.17, 15) is 0 Å². The van der Waals surface area contributed by atoms with Gasteiger partial charge in [-0.25, -0.2) is 0 Å². The first-order valence-corrected chi connectivity index (χ1v) is 7.57. The molecular formula is C17H25N3. The maximum absolute atomic E-state index is 4.35. The summed E-state index contributed by atoms with van der Waals surface area (Å²) in [4.78, 5) is 0. The molecule has 0 fully saturated rings. The number of hydrogen-bond donors (Lipinski definition) is 1. The summed E-state index contributed by atoms with van der Waals surface area (Å²) in [6.45, 7) is 6.34. The molecule has 3 nitrogen and oxygen atoms in total. The summed E-state index contributed by atoms with van der Waals surface area (Å²) in [5.74, 6) is 0. The minimum absolute atomic E-state index is 0.514. The van der Waals surface area contributed by atoms with Crippen LogP contribution >= 0.6 is 0 Å². The van der Waals surface area contributed by atoms with Crippen molar-refractivity contribution in [3.63, 3.8) is 0 Å². The highest BCUT2D eigenvalue weighted by Crippen LogP contribution is 2.06. The molecule has 1 atom stereocenters. The van der Waals surface area contributed by atoms with Crippen LogP contribution in [0.3, 0.4) is 0 Å². The monoisotopic (exact) mass is 271 g/mol. The van der Waals surface area contributed by atoms with E-state index in [1.165, 1.54) is 11.3 Å². The highest BCUT2D eigenvalue weighted by molar-refractivity contribution is 5.14. The SMILES string of the molecule is CCCn1nccc1CNC(C)CCc1ccccc1. The van der Waals surface area contributed by atoms with Gasteiger partial charge in [0.2, 0.25) is 0 Å². The van der Waals surface area contributed by atoms with Crippen molar-refractivity contribution >= 4 is 0 Å². The molecule has 0 saturated carbocycles. The zero-order valence-corrected chi connectivity index (χ0v) is 12.5. The fraction of sp³-hybridized carbons (Fsp3) is 0.471. The van der Waals surface area contributed by atoms with Gasteiger partial charge in [-0.05, 0) is 37.8 Å². The molecule has 108 valence electrons. The van der Waals surface area contributed by atoms with Crippen LogP contribution in [-0.4, -0.2) is 15.8 Å². The molecule has 1 aromatic heterocycles. The average molecular weight is 271 g/mol. The smallest absolute Gasteiger partial charge is 0.0522 e. The first-order chi connectivity index (χ1) is 9.79. The van der Waals surface area contributed by atoms with Gasteiger partial charge in [0.15, 0.2) is 0 Å². The zero-order valence-electron chi connectivity index (χ0n) is 12.5. The highest BCUT2D eigenvalue weighted by atomic mass is 15.3. The molecule has 0 aliphatic rings. The summed E-state index contributed by atoms with van der Waals surface area (Å²) < 4.78 is 2.09. The van der Waals surface area contributed by atoms with Crippen LogP contribution in [0.4, 0.5) is 0 Å². The van der Waals surface area contributed by atoms with E-state index in [4.69, 9.17) is 0 Å². The number of hydrogen-bond acceptors (Lipinski definition) is 2. The summed E-state index contributed by atoms with van der Waals surface area (Å²) in [5, 5.41) is 7.95. The Morgan fingerprint density at radius 2 is 2.00 bits per heavy atom. The van der Waals surface area contributed by atoms with Gasteiger partial charge in [0, 0.05) is 25.3 Å². The van der Waals surface area contributed by atoms with Gasteiger partial charge in [-0.2, -0.15) is 5.10 Å². The lowest BCUT2D eigenvalue weighted by Gasteiger charge is -2.14. The number of benzene rings is 1. The van der Waals surface area contributed by atoms with Crippen molar-refractivity contribution < 1.29 is 0 Å². The van der Waals surface area contributed by atoms with Crippen molar-refractivity contribution in [1.29, 1.82) is 0 Å². The summed E-state index contributed by atoms with van der Waals surface area (Å²) in [6, 6.07) is 13.3. The predicted octanol–water partition coefficient (Wildman–Crippen LogP) is 3.40. The number of nitrogens with one attached hydrogen (secondary N) is 1. The number of aromatic nitrogens is 2. The highest BCUT2D eigenvalue weighted by Gasteiger charge is 2.05. The Bertz CT molecular complexity index is 490. The second kappa shape index (κ2) is 7.85. The lowest BCUT2D eigenvalue weighted by Crippen LogP contribution is -2.27. The van der Waals surface area contributed by atoms with E-state index >= 15 is 0 Å². The molecule has 2 rings (SSSR count). The van der Waals surface area contributed by atoms with E-state index in [2.05, 4.69) is 65.3 Å². The Hall–Kier alpha value is -1.61. The molecular weight excluding hydrogens is 246 g/mol. The Balaban J connectivity index is 1.74. The van der Waals surface area contributed by atoms with Gasteiger partial charge in [-0.15, -0.1) is 0 Å². The Labute approximate surface area is 122 Å². The van der Waals surface area contributed by atoms with Gasteiger partial charge in [0.25, 0.3) is 0 Å². The van der Waals surface area contributed by atoms with Gasteiger partial charge < -0.3 is 5.32 Å². The lowest BCUT2D eigenvalue weighted by atomic mass is 10.1. The fourth-order valence-electron chi connectivity index (χ4n) is 2.33. The molecule has 1 heterocycles. The topological polar surface area (TPSA) is 29.9 Å². The standard InChI is InChI=1S/C17H25N3/c1-3-13-20-17(11-12-19-20)14-18-15(2)9-10-16-7-5-4-6-8-16/h4-8,11-12,15,18H,3,9-10,13-14H2,1-2H3. The zero-order chi connectivity index (χ0) is 14.2. The van der Waals surface area contributed by atoms with Crippen LogP contribution in [0, 0.1) is 0 Å². The predicted molar refractivity (Wildman–Crippen MR) is 83.6 cm³/mol. The van der Waals surface area contributed by atoms with Crippen LogP contribution in [0.5, 0.6) is 0 Å². The third-order valence-corrected chi connectivity index (χ3v) is 3.58. The van der Waals surface area contributed by atoms with E-state index < -0.39 is 0 Å². The van der Waals surface area contributed by atoms with Crippen molar-refractivity contribution in [3.05, 3.63) is 53.9 Å². The number of rotatable bonds is 8. The second-order valence-corrected chi connectivity index (χ2v) is 5.35. The van der Waals surface area contributed by atoms with Gasteiger partial charge in [-0.3, -0.25) is 4.68 Å². The van der Waals surface area contributed by atoms with Crippen LogP contribution in [0.1, 0.15) is 37.9 Å². The van der Waals surface area contributed by atoms with E-state index in [1.54, 1.807) is 0 Å². The third kappa shape index (κ3) is 4.49. The molecule has 0 spiro atoms. The minimum Gasteiger partial charge on any atom is -0.309 e. The van der Waals surface area contributed by atoms with Crippen molar-refractivity contribution in [3.8, 4) is 0 Å². The second-order valence-electron chi connectivity index (χ2n) is 5.35. The molecule has 1 unspecified atom stereocenters. The molecule has 0 aliphatic carbocycles. The summed E-state index contributed by atoms with van der Waals surface area (Å²) in [6.07, 6.45) is 5.30. The van der Waals surface area contributed by atoms with E-state index in [-0.39, 0.29) is 0 Å². The molecule has 1 aromatic carbocycles. The molecule has 0 radical (unpaired) electrons. The summed E-state index contributed by atoms with van der Waals surface area (Å²) in [5.41, 5.74) is 2.69. The summed E-state index contributed by atoms with van der Waals surface area (Å²) >= 11 is 0. The maximum Gasteiger partial charge on any atom is 0.0522 e. The molecule has 0 aliphatic heterocycles. The largest absolute Gasteiger partial charge is 0.309 e. The maximum atomic E-state index is 4.35. The van der Waals surface area contributed by atoms with Crippen molar-refractivity contribution in [2.45, 2.75) is 52.2 Å². The van der Waals surface area contributed by atoms with Crippen LogP contribution in [-0.2, 0) is 19.5 Å².